The van der Waals surface area contributed by atoms with E-state index in [0.29, 0.717) is 13.1 Å². The Morgan fingerprint density at radius 1 is 1.05 bits per heavy atom. The summed E-state index contributed by atoms with van der Waals surface area (Å²) in [4.78, 5) is 0. The molecule has 0 radical (unpaired) electrons. The van der Waals surface area contributed by atoms with Gasteiger partial charge in [-0.15, -0.1) is 0 Å². The van der Waals surface area contributed by atoms with E-state index in [1.807, 2.05) is 0 Å². The Morgan fingerprint density at radius 2 is 1.64 bits per heavy atom. The van der Waals surface area contributed by atoms with Gasteiger partial charge >= 0.3 is 12.4 Å². The van der Waals surface area contributed by atoms with E-state index in [-0.39, 0.29) is 9.70 Å². The summed E-state index contributed by atoms with van der Waals surface area (Å²) in [5.41, 5.74) is -5.90. The van der Waals surface area contributed by atoms with Gasteiger partial charge in [0, 0.05) is 17.6 Å². The van der Waals surface area contributed by atoms with Crippen molar-refractivity contribution in [2.75, 3.05) is 0 Å². The summed E-state index contributed by atoms with van der Waals surface area (Å²) in [5.74, 6) is -1.20. The summed E-state index contributed by atoms with van der Waals surface area (Å²) in [6, 6.07) is 2.59. The van der Waals surface area contributed by atoms with Gasteiger partial charge in [0.2, 0.25) is 0 Å². The molecule has 0 spiro atoms. The highest BCUT2D eigenvalue weighted by atomic mass is 35.5. The van der Waals surface area contributed by atoms with Crippen LogP contribution in [0.1, 0.15) is 11.3 Å². The molecule has 0 unspecified atom stereocenters. The van der Waals surface area contributed by atoms with Crippen LogP contribution in [0.5, 0.6) is 0 Å². The molecule has 0 saturated heterocycles. The third kappa shape index (κ3) is 2.90. The van der Waals surface area contributed by atoms with E-state index in [4.69, 9.17) is 11.6 Å². The molecule has 0 fully saturated rings. The second-order valence-electron chi connectivity index (χ2n) is 4.32. The molecule has 10 heteroatoms. The predicted molar refractivity (Wildman–Crippen MR) is 63.6 cm³/mol. The lowest BCUT2D eigenvalue weighted by Crippen LogP contribution is -2.19. The zero-order valence-electron chi connectivity index (χ0n) is 10.7. The smallest absolute Gasteiger partial charge is 0.262 e. The third-order valence-electron chi connectivity index (χ3n) is 2.79. The SMILES string of the molecule is Cn1nc(-c2ccc(Cl)cc2F)c(C(F)(F)F)c1C(F)(F)F. The molecule has 2 aromatic rings. The van der Waals surface area contributed by atoms with E-state index in [9.17, 15) is 30.7 Å². The van der Waals surface area contributed by atoms with Gasteiger partial charge < -0.3 is 0 Å². The maximum absolute atomic E-state index is 13.8. The highest BCUT2D eigenvalue weighted by Crippen LogP contribution is 2.45. The number of hydrogen-bond donors (Lipinski definition) is 0. The highest BCUT2D eigenvalue weighted by molar-refractivity contribution is 6.30. The Hall–Kier alpha value is -1.77. The molecule has 0 amide bonds. The van der Waals surface area contributed by atoms with Gasteiger partial charge in [0.25, 0.3) is 0 Å². The molecule has 0 aliphatic rings. The first-order valence-corrected chi connectivity index (χ1v) is 5.97. The Morgan fingerprint density at radius 3 is 2.09 bits per heavy atom. The van der Waals surface area contributed by atoms with E-state index in [1.165, 1.54) is 0 Å². The summed E-state index contributed by atoms with van der Waals surface area (Å²) >= 11 is 5.48. The molecule has 0 aliphatic carbocycles. The van der Waals surface area contributed by atoms with Crippen molar-refractivity contribution in [1.82, 2.24) is 9.78 Å². The fraction of sp³-hybridized carbons (Fsp3) is 0.250. The van der Waals surface area contributed by atoms with Crippen molar-refractivity contribution in [1.29, 1.82) is 0 Å². The van der Waals surface area contributed by atoms with Crippen LogP contribution in [0.15, 0.2) is 18.2 Å². The van der Waals surface area contributed by atoms with Crippen LogP contribution in [-0.2, 0) is 19.4 Å². The number of alkyl halides is 6. The quantitative estimate of drug-likeness (QED) is 0.670. The van der Waals surface area contributed by atoms with Crippen molar-refractivity contribution < 1.29 is 30.7 Å². The number of hydrogen-bond acceptors (Lipinski definition) is 1. The maximum Gasteiger partial charge on any atom is 0.433 e. The van der Waals surface area contributed by atoms with Gasteiger partial charge in [-0.1, -0.05) is 11.6 Å². The van der Waals surface area contributed by atoms with Gasteiger partial charge in [0.05, 0.1) is 0 Å². The van der Waals surface area contributed by atoms with Gasteiger partial charge in [-0.2, -0.15) is 31.4 Å². The Labute approximate surface area is 124 Å². The van der Waals surface area contributed by atoms with Crippen molar-refractivity contribution in [2.45, 2.75) is 12.4 Å². The average Bonchev–Trinajstić information content (AvgIpc) is 2.65. The number of nitrogens with zero attached hydrogens (tertiary/aromatic N) is 2. The summed E-state index contributed by atoms with van der Waals surface area (Å²) in [6.45, 7) is 0. The zero-order valence-corrected chi connectivity index (χ0v) is 11.4. The van der Waals surface area contributed by atoms with Gasteiger partial charge in [0.15, 0.2) is 5.69 Å². The summed E-state index contributed by atoms with van der Waals surface area (Å²) < 4.78 is 91.5. The number of benzene rings is 1. The molecule has 22 heavy (non-hydrogen) atoms. The molecule has 1 heterocycles. The first kappa shape index (κ1) is 16.6. The molecule has 1 aromatic carbocycles. The minimum Gasteiger partial charge on any atom is -0.262 e. The first-order chi connectivity index (χ1) is 9.93. The summed E-state index contributed by atoms with van der Waals surface area (Å²) in [6.07, 6.45) is -10.7. The number of rotatable bonds is 1. The third-order valence-corrected chi connectivity index (χ3v) is 3.02. The Bertz CT molecular complexity index is 715. The average molecular weight is 347 g/mol. The lowest BCUT2D eigenvalue weighted by Gasteiger charge is -2.13. The normalized spacial score (nSPS) is 12.8. The van der Waals surface area contributed by atoms with Gasteiger partial charge in [-0.05, 0) is 18.2 Å². The largest absolute Gasteiger partial charge is 0.433 e. The Kier molecular flexibility index (Phi) is 3.88. The first-order valence-electron chi connectivity index (χ1n) is 5.59. The van der Waals surface area contributed by atoms with E-state index in [0.717, 1.165) is 12.1 Å². The second kappa shape index (κ2) is 5.15. The molecule has 1 aromatic heterocycles. The van der Waals surface area contributed by atoms with Crippen LogP contribution in [-0.4, -0.2) is 9.78 Å². The van der Waals surface area contributed by atoms with E-state index in [1.54, 1.807) is 0 Å². The zero-order chi connectivity index (χ0) is 16.9. The van der Waals surface area contributed by atoms with Crippen molar-refractivity contribution in [3.05, 3.63) is 40.3 Å². The van der Waals surface area contributed by atoms with Crippen molar-refractivity contribution in [3.8, 4) is 11.3 Å². The fourth-order valence-electron chi connectivity index (χ4n) is 1.99. The van der Waals surface area contributed by atoms with E-state index in [2.05, 4.69) is 5.10 Å². The molecule has 120 valence electrons. The summed E-state index contributed by atoms with van der Waals surface area (Å²) in [5, 5.41) is 3.09. The van der Waals surface area contributed by atoms with Gasteiger partial charge in [-0.25, -0.2) is 4.39 Å². The minimum absolute atomic E-state index is 0.0339. The van der Waals surface area contributed by atoms with E-state index < -0.39 is 40.7 Å². The van der Waals surface area contributed by atoms with Crippen LogP contribution >= 0.6 is 11.6 Å². The van der Waals surface area contributed by atoms with Gasteiger partial charge in [0.1, 0.15) is 17.1 Å². The predicted octanol–water partition coefficient (Wildman–Crippen LogP) is 4.92. The van der Waals surface area contributed by atoms with Crippen molar-refractivity contribution in [3.63, 3.8) is 0 Å². The van der Waals surface area contributed by atoms with E-state index >= 15 is 0 Å². The molecular formula is C12H6ClF7N2. The molecule has 0 bridgehead atoms. The number of aryl methyl sites for hydroxylation is 1. The van der Waals surface area contributed by atoms with Crippen LogP contribution in [0.4, 0.5) is 30.7 Å². The number of halogens is 8. The highest BCUT2D eigenvalue weighted by Gasteiger charge is 2.49. The van der Waals surface area contributed by atoms with Crippen LogP contribution in [0.3, 0.4) is 0 Å². The molecule has 0 saturated carbocycles. The Balaban J connectivity index is 2.83. The van der Waals surface area contributed by atoms with Gasteiger partial charge in [-0.3, -0.25) is 4.68 Å². The lowest BCUT2D eigenvalue weighted by atomic mass is 10.0. The van der Waals surface area contributed by atoms with Crippen LogP contribution in [0.2, 0.25) is 5.02 Å². The molecule has 2 nitrogen and oxygen atoms in total. The standard InChI is InChI=1S/C12H6ClF7N2/c1-22-10(12(18,19)20)8(11(15,16)17)9(21-22)6-3-2-5(13)4-7(6)14/h2-4H,1H3. The van der Waals surface area contributed by atoms with Crippen LogP contribution in [0, 0.1) is 5.82 Å². The van der Waals surface area contributed by atoms with Crippen molar-refractivity contribution in [2.24, 2.45) is 7.05 Å². The van der Waals surface area contributed by atoms with Crippen molar-refractivity contribution >= 4 is 11.6 Å². The number of aromatic nitrogens is 2. The summed E-state index contributed by atoms with van der Waals surface area (Å²) in [7, 11) is 0.704. The molecule has 0 aliphatic heterocycles. The van der Waals surface area contributed by atoms with Crippen LogP contribution < -0.4 is 0 Å². The second-order valence-corrected chi connectivity index (χ2v) is 4.75. The maximum atomic E-state index is 13.8. The fourth-order valence-corrected chi connectivity index (χ4v) is 2.15. The monoisotopic (exact) mass is 346 g/mol. The lowest BCUT2D eigenvalue weighted by molar-refractivity contribution is -0.165. The molecule has 2 rings (SSSR count). The van der Waals surface area contributed by atoms with Crippen LogP contribution in [0.25, 0.3) is 11.3 Å². The molecular weight excluding hydrogens is 341 g/mol. The molecule has 0 atom stereocenters. The minimum atomic E-state index is -5.36. The molecule has 0 N–H and O–H groups in total. The topological polar surface area (TPSA) is 17.8 Å².